The normalized spacial score (nSPS) is 10.6. The highest BCUT2D eigenvalue weighted by molar-refractivity contribution is 7.99. The first kappa shape index (κ1) is 12.9. The Morgan fingerprint density at radius 2 is 1.83 bits per heavy atom. The van der Waals surface area contributed by atoms with E-state index >= 15 is 0 Å². The Hall–Kier alpha value is -1.56. The van der Waals surface area contributed by atoms with Crippen LogP contribution in [0.1, 0.15) is 6.42 Å². The molecule has 2 aromatic rings. The van der Waals surface area contributed by atoms with Gasteiger partial charge in [0.05, 0.1) is 17.2 Å². The van der Waals surface area contributed by atoms with E-state index in [-0.39, 0.29) is 12.2 Å². The van der Waals surface area contributed by atoms with E-state index in [1.807, 2.05) is 24.3 Å². The van der Waals surface area contributed by atoms with Crippen LogP contribution >= 0.6 is 11.8 Å². The van der Waals surface area contributed by atoms with Gasteiger partial charge in [0, 0.05) is 12.2 Å². The molecule has 0 saturated carbocycles. The fourth-order valence-electron chi connectivity index (χ4n) is 1.35. The molecule has 0 aliphatic heterocycles. The molecule has 0 radical (unpaired) electrons. The Labute approximate surface area is 106 Å². The Kier molecular flexibility index (Phi) is 4.19. The average molecular weight is 270 g/mol. The number of hydrogen-bond donors (Lipinski definition) is 0. The molecule has 0 bridgehead atoms. The summed E-state index contributed by atoms with van der Waals surface area (Å²) < 4.78 is 36.2. The maximum absolute atomic E-state index is 12.6. The minimum absolute atomic E-state index is 0.205. The lowest BCUT2D eigenvalue weighted by Crippen LogP contribution is -1.88. The van der Waals surface area contributed by atoms with E-state index in [0.29, 0.717) is 5.03 Å². The SMILES string of the molecule is FC(F)=C(F)CCSc1cnc2ccccc2n1. The van der Waals surface area contributed by atoms with Crippen molar-refractivity contribution in [1.29, 1.82) is 0 Å². The van der Waals surface area contributed by atoms with Crippen molar-refractivity contribution in [2.75, 3.05) is 5.75 Å². The summed E-state index contributed by atoms with van der Waals surface area (Å²) in [6.45, 7) is 0. The Balaban J connectivity index is 2.02. The second-order valence-corrected chi connectivity index (χ2v) is 4.58. The van der Waals surface area contributed by atoms with Gasteiger partial charge in [0.25, 0.3) is 0 Å². The second-order valence-electron chi connectivity index (χ2n) is 3.46. The van der Waals surface area contributed by atoms with Gasteiger partial charge < -0.3 is 0 Å². The van der Waals surface area contributed by atoms with Crippen molar-refractivity contribution in [1.82, 2.24) is 9.97 Å². The summed E-state index contributed by atoms with van der Waals surface area (Å²) in [4.78, 5) is 8.47. The minimum atomic E-state index is -2.25. The van der Waals surface area contributed by atoms with Gasteiger partial charge in [-0.25, -0.2) is 9.37 Å². The molecule has 0 atom stereocenters. The van der Waals surface area contributed by atoms with Crippen LogP contribution in [0.4, 0.5) is 13.2 Å². The number of allylic oxidation sites excluding steroid dienone is 1. The molecule has 1 heterocycles. The third-order valence-electron chi connectivity index (χ3n) is 2.20. The van der Waals surface area contributed by atoms with Crippen LogP contribution in [0.5, 0.6) is 0 Å². The smallest absolute Gasteiger partial charge is 0.252 e. The fourth-order valence-corrected chi connectivity index (χ4v) is 2.13. The molecule has 2 rings (SSSR count). The number of fused-ring (bicyclic) bond motifs is 1. The lowest BCUT2D eigenvalue weighted by molar-refractivity contribution is 0.373. The molecular formula is C12H9F3N2S. The first-order valence-corrected chi connectivity index (χ1v) is 6.19. The molecule has 1 aromatic heterocycles. The van der Waals surface area contributed by atoms with E-state index in [1.165, 1.54) is 11.8 Å². The topological polar surface area (TPSA) is 25.8 Å². The minimum Gasteiger partial charge on any atom is -0.252 e. The molecule has 94 valence electrons. The van der Waals surface area contributed by atoms with Gasteiger partial charge in [0.2, 0.25) is 0 Å². The third-order valence-corrected chi connectivity index (χ3v) is 3.10. The van der Waals surface area contributed by atoms with Gasteiger partial charge in [0.15, 0.2) is 5.83 Å². The predicted molar refractivity (Wildman–Crippen MR) is 65.2 cm³/mol. The number of nitrogens with zero attached hydrogens (tertiary/aromatic N) is 2. The molecule has 0 saturated heterocycles. The zero-order valence-corrected chi connectivity index (χ0v) is 10.1. The first-order chi connectivity index (χ1) is 8.66. The molecule has 18 heavy (non-hydrogen) atoms. The number of para-hydroxylation sites is 2. The molecule has 0 unspecified atom stereocenters. The Bertz CT molecular complexity index is 582. The first-order valence-electron chi connectivity index (χ1n) is 5.21. The van der Waals surface area contributed by atoms with Crippen LogP contribution in [-0.2, 0) is 0 Å². The summed E-state index contributed by atoms with van der Waals surface area (Å²) in [6.07, 6.45) is -0.998. The zero-order chi connectivity index (χ0) is 13.0. The van der Waals surface area contributed by atoms with Crippen molar-refractivity contribution in [3.8, 4) is 0 Å². The van der Waals surface area contributed by atoms with E-state index in [4.69, 9.17) is 0 Å². The van der Waals surface area contributed by atoms with Gasteiger partial charge in [0.1, 0.15) is 5.03 Å². The number of benzene rings is 1. The summed E-state index contributed by atoms with van der Waals surface area (Å²) in [5.74, 6) is -1.16. The van der Waals surface area contributed by atoms with E-state index in [2.05, 4.69) is 9.97 Å². The van der Waals surface area contributed by atoms with Crippen molar-refractivity contribution in [2.45, 2.75) is 11.4 Å². The van der Waals surface area contributed by atoms with Gasteiger partial charge in [-0.3, -0.25) is 4.98 Å². The molecular weight excluding hydrogens is 261 g/mol. The molecule has 6 heteroatoms. The van der Waals surface area contributed by atoms with Crippen LogP contribution in [-0.4, -0.2) is 15.7 Å². The van der Waals surface area contributed by atoms with Crippen LogP contribution in [0.3, 0.4) is 0 Å². The van der Waals surface area contributed by atoms with Crippen molar-refractivity contribution in [3.05, 3.63) is 42.4 Å². The average Bonchev–Trinajstić information content (AvgIpc) is 2.38. The fraction of sp³-hybridized carbons (Fsp3) is 0.167. The number of aromatic nitrogens is 2. The molecule has 0 N–H and O–H groups in total. The molecule has 0 aliphatic rings. The summed E-state index contributed by atoms with van der Waals surface area (Å²) in [5, 5.41) is 0.598. The lowest BCUT2D eigenvalue weighted by Gasteiger charge is -2.01. The Morgan fingerprint density at radius 3 is 2.56 bits per heavy atom. The predicted octanol–water partition coefficient (Wildman–Crippen LogP) is 4.19. The standard InChI is InChI=1S/C12H9F3N2S/c13-8(12(14)15)5-6-18-11-7-16-9-3-1-2-4-10(9)17-11/h1-4,7H,5-6H2. The van der Waals surface area contributed by atoms with Crippen LogP contribution in [0, 0.1) is 0 Å². The van der Waals surface area contributed by atoms with Gasteiger partial charge in [-0.2, -0.15) is 8.78 Å². The summed E-state index contributed by atoms with van der Waals surface area (Å²) in [7, 11) is 0. The van der Waals surface area contributed by atoms with Gasteiger partial charge >= 0.3 is 6.08 Å². The lowest BCUT2D eigenvalue weighted by atomic mass is 10.3. The highest BCUT2D eigenvalue weighted by Crippen LogP contribution is 2.22. The van der Waals surface area contributed by atoms with Crippen LogP contribution < -0.4 is 0 Å². The van der Waals surface area contributed by atoms with Gasteiger partial charge in [-0.05, 0) is 12.1 Å². The third kappa shape index (κ3) is 3.22. The molecule has 1 aromatic carbocycles. The number of hydrogen-bond acceptors (Lipinski definition) is 3. The van der Waals surface area contributed by atoms with E-state index in [9.17, 15) is 13.2 Å². The summed E-state index contributed by atoms with van der Waals surface area (Å²) >= 11 is 1.20. The molecule has 0 fully saturated rings. The zero-order valence-electron chi connectivity index (χ0n) is 9.24. The Morgan fingerprint density at radius 1 is 1.11 bits per heavy atom. The molecule has 2 nitrogen and oxygen atoms in total. The van der Waals surface area contributed by atoms with Crippen molar-refractivity contribution in [2.24, 2.45) is 0 Å². The van der Waals surface area contributed by atoms with E-state index in [0.717, 1.165) is 11.0 Å². The highest BCUT2D eigenvalue weighted by Gasteiger charge is 2.06. The van der Waals surface area contributed by atoms with Crippen molar-refractivity contribution >= 4 is 22.8 Å². The maximum atomic E-state index is 12.6. The van der Waals surface area contributed by atoms with Gasteiger partial charge in [-0.1, -0.05) is 12.1 Å². The molecule has 0 spiro atoms. The second kappa shape index (κ2) is 5.86. The largest absolute Gasteiger partial charge is 0.301 e. The van der Waals surface area contributed by atoms with E-state index < -0.39 is 11.9 Å². The maximum Gasteiger partial charge on any atom is 0.301 e. The highest BCUT2D eigenvalue weighted by atomic mass is 32.2. The van der Waals surface area contributed by atoms with Gasteiger partial charge in [-0.15, -0.1) is 11.8 Å². The number of rotatable bonds is 4. The monoisotopic (exact) mass is 270 g/mol. The van der Waals surface area contributed by atoms with Crippen LogP contribution in [0.2, 0.25) is 0 Å². The van der Waals surface area contributed by atoms with Crippen molar-refractivity contribution < 1.29 is 13.2 Å². The van der Waals surface area contributed by atoms with Crippen molar-refractivity contribution in [3.63, 3.8) is 0 Å². The summed E-state index contributed by atoms with van der Waals surface area (Å²) in [5.41, 5.74) is 1.50. The molecule has 0 aliphatic carbocycles. The van der Waals surface area contributed by atoms with Crippen LogP contribution in [0.15, 0.2) is 47.4 Å². The van der Waals surface area contributed by atoms with Crippen LogP contribution in [0.25, 0.3) is 11.0 Å². The quantitative estimate of drug-likeness (QED) is 0.779. The molecule has 0 amide bonds. The van der Waals surface area contributed by atoms with E-state index in [1.54, 1.807) is 6.20 Å². The number of thioether (sulfide) groups is 1. The number of halogens is 3. The summed E-state index contributed by atoms with van der Waals surface area (Å²) in [6, 6.07) is 7.34.